The molecule has 0 atom stereocenters. The molecule has 96 valence electrons. The Morgan fingerprint density at radius 1 is 0.706 bits per heavy atom. The molecular weight excluding hydrogens is 264 g/mol. The summed E-state index contributed by atoms with van der Waals surface area (Å²) in [4.78, 5) is 30.1. The van der Waals surface area contributed by atoms with E-state index in [-0.39, 0.29) is 0 Å². The molecule has 0 fully saturated rings. The maximum Gasteiger partial charge on any atom is 0.516 e. The van der Waals surface area contributed by atoms with E-state index < -0.39 is 41.4 Å². The van der Waals surface area contributed by atoms with Gasteiger partial charge in [-0.15, -0.1) is 0 Å². The summed E-state index contributed by atoms with van der Waals surface area (Å²) in [5, 5.41) is 41.9. The standard InChI is InChI=1S/C4H6N4O8S/c1-3(5(9)10,6(11)12)17-4(2,7(13)14)8(15)16/h1-2H3. The molecule has 12 nitrogen and oxygen atoms in total. The van der Waals surface area contributed by atoms with Crippen LogP contribution in [0.15, 0.2) is 0 Å². The van der Waals surface area contributed by atoms with Crippen molar-refractivity contribution in [3.63, 3.8) is 0 Å². The molecule has 0 aliphatic rings. The van der Waals surface area contributed by atoms with Gasteiger partial charge in [0.2, 0.25) is 0 Å². The Labute approximate surface area is 96.6 Å². The van der Waals surface area contributed by atoms with Crippen molar-refractivity contribution in [3.8, 4) is 0 Å². The van der Waals surface area contributed by atoms with Gasteiger partial charge in [0.05, 0.1) is 13.8 Å². The van der Waals surface area contributed by atoms with Crippen molar-refractivity contribution >= 4 is 11.8 Å². The van der Waals surface area contributed by atoms with Crippen molar-refractivity contribution in [2.24, 2.45) is 0 Å². The summed E-state index contributed by atoms with van der Waals surface area (Å²) in [6.45, 7) is 0.895. The zero-order valence-electron chi connectivity index (χ0n) is 8.46. The van der Waals surface area contributed by atoms with Gasteiger partial charge in [-0.1, -0.05) is 0 Å². The van der Waals surface area contributed by atoms with Crippen LogP contribution < -0.4 is 0 Å². The van der Waals surface area contributed by atoms with E-state index in [0.29, 0.717) is 13.8 Å². The molecule has 13 heteroatoms. The first-order valence-corrected chi connectivity index (χ1v) is 4.58. The lowest BCUT2D eigenvalue weighted by atomic mass is 10.6. The van der Waals surface area contributed by atoms with E-state index in [1.165, 1.54) is 0 Å². The molecule has 0 aliphatic carbocycles. The summed E-state index contributed by atoms with van der Waals surface area (Å²) >= 11 is -0.569. The summed E-state index contributed by atoms with van der Waals surface area (Å²) in [7, 11) is 0. The van der Waals surface area contributed by atoms with Gasteiger partial charge in [0.1, 0.15) is 19.7 Å². The third kappa shape index (κ3) is 2.55. The lowest BCUT2D eigenvalue weighted by Gasteiger charge is -2.15. The largest absolute Gasteiger partial charge is 0.516 e. The number of thioether (sulfide) groups is 1. The summed E-state index contributed by atoms with van der Waals surface area (Å²) in [6.07, 6.45) is 0. The zero-order chi connectivity index (χ0) is 14.0. The molecule has 0 aromatic carbocycles. The van der Waals surface area contributed by atoms with E-state index >= 15 is 0 Å². The number of hydrogen-bond donors (Lipinski definition) is 0. The molecule has 0 aliphatic heterocycles. The van der Waals surface area contributed by atoms with E-state index in [4.69, 9.17) is 0 Å². The molecule has 0 rings (SSSR count). The molecular formula is C4H6N4O8S. The molecule has 0 bridgehead atoms. The topological polar surface area (TPSA) is 173 Å². The van der Waals surface area contributed by atoms with Crippen molar-refractivity contribution in [2.45, 2.75) is 23.8 Å². The van der Waals surface area contributed by atoms with Gasteiger partial charge in [-0.2, -0.15) is 0 Å². The molecule has 0 amide bonds. The summed E-state index contributed by atoms with van der Waals surface area (Å²) in [5.41, 5.74) is 0. The van der Waals surface area contributed by atoms with Crippen LogP contribution in [0.5, 0.6) is 0 Å². The van der Waals surface area contributed by atoms with Crippen LogP contribution in [0, 0.1) is 40.5 Å². The predicted octanol–water partition coefficient (Wildman–Crippen LogP) is 0.174. The molecule has 0 aromatic rings. The number of nitro groups is 4. The molecule has 17 heavy (non-hydrogen) atoms. The Balaban J connectivity index is 5.53. The van der Waals surface area contributed by atoms with Crippen LogP contribution in [0.3, 0.4) is 0 Å². The fourth-order valence-electron chi connectivity index (χ4n) is 0.649. The van der Waals surface area contributed by atoms with Gasteiger partial charge in [0.15, 0.2) is 11.8 Å². The second kappa shape index (κ2) is 4.44. The lowest BCUT2D eigenvalue weighted by molar-refractivity contribution is -0.775. The Bertz CT molecular complexity index is 331. The highest BCUT2D eigenvalue weighted by Crippen LogP contribution is 2.38. The van der Waals surface area contributed by atoms with Crippen molar-refractivity contribution in [1.29, 1.82) is 0 Å². The normalized spacial score (nSPS) is 11.9. The van der Waals surface area contributed by atoms with Crippen LogP contribution in [0.4, 0.5) is 0 Å². The van der Waals surface area contributed by atoms with Crippen molar-refractivity contribution in [1.82, 2.24) is 0 Å². The van der Waals surface area contributed by atoms with Crippen molar-refractivity contribution in [2.75, 3.05) is 0 Å². The Morgan fingerprint density at radius 2 is 0.882 bits per heavy atom. The first-order chi connectivity index (χ1) is 7.48. The minimum atomic E-state index is -3.07. The average Bonchev–Trinajstić information content (AvgIpc) is 2.15. The van der Waals surface area contributed by atoms with Crippen LogP contribution in [0.25, 0.3) is 0 Å². The second-order valence-corrected chi connectivity index (χ2v) is 4.75. The van der Waals surface area contributed by atoms with Crippen LogP contribution in [-0.2, 0) is 0 Å². The molecule has 0 saturated carbocycles. The van der Waals surface area contributed by atoms with Gasteiger partial charge >= 0.3 is 9.99 Å². The molecule has 0 unspecified atom stereocenters. The Hall–Kier alpha value is -2.05. The maximum absolute atomic E-state index is 10.5. The molecule has 0 heterocycles. The summed E-state index contributed by atoms with van der Waals surface area (Å²) in [5.74, 6) is 0. The van der Waals surface area contributed by atoms with Gasteiger partial charge < -0.3 is 0 Å². The third-order valence-corrected chi connectivity index (χ3v) is 3.11. The van der Waals surface area contributed by atoms with Crippen LogP contribution in [0.2, 0.25) is 0 Å². The predicted molar refractivity (Wildman–Crippen MR) is 52.4 cm³/mol. The second-order valence-electron chi connectivity index (χ2n) is 3.00. The quantitative estimate of drug-likeness (QED) is 0.370. The van der Waals surface area contributed by atoms with Gasteiger partial charge in [-0.05, 0) is 0 Å². The Kier molecular flexibility index (Phi) is 3.91. The van der Waals surface area contributed by atoms with Gasteiger partial charge in [-0.3, -0.25) is 40.5 Å². The number of nitrogens with zero attached hydrogens (tertiary/aromatic N) is 4. The van der Waals surface area contributed by atoms with E-state index in [2.05, 4.69) is 0 Å². The van der Waals surface area contributed by atoms with Gasteiger partial charge in [0, 0.05) is 0 Å². The number of hydrogen-bond acceptors (Lipinski definition) is 9. The van der Waals surface area contributed by atoms with Gasteiger partial charge in [0.25, 0.3) is 0 Å². The first kappa shape index (κ1) is 14.9. The van der Waals surface area contributed by atoms with E-state index in [1.54, 1.807) is 0 Å². The number of rotatable bonds is 6. The van der Waals surface area contributed by atoms with Crippen LogP contribution >= 0.6 is 11.8 Å². The average molecular weight is 270 g/mol. The third-order valence-electron chi connectivity index (χ3n) is 1.74. The van der Waals surface area contributed by atoms with E-state index in [0.717, 1.165) is 0 Å². The zero-order valence-corrected chi connectivity index (χ0v) is 9.28. The summed E-state index contributed by atoms with van der Waals surface area (Å²) in [6, 6.07) is 0. The minimum Gasteiger partial charge on any atom is -0.258 e. The maximum atomic E-state index is 10.5. The van der Waals surface area contributed by atoms with Gasteiger partial charge in [-0.25, -0.2) is 0 Å². The first-order valence-electron chi connectivity index (χ1n) is 3.76. The highest BCUT2D eigenvalue weighted by Gasteiger charge is 2.68. The van der Waals surface area contributed by atoms with Crippen LogP contribution in [-0.4, -0.2) is 29.7 Å². The minimum absolute atomic E-state index is 0.447. The van der Waals surface area contributed by atoms with Crippen molar-refractivity contribution in [3.05, 3.63) is 40.5 Å². The fraction of sp³-hybridized carbons (Fsp3) is 1.00. The van der Waals surface area contributed by atoms with Crippen LogP contribution in [0.1, 0.15) is 13.8 Å². The molecule has 0 aromatic heterocycles. The SMILES string of the molecule is CC(SC(C)([N+](=O)[O-])[N+](=O)[O-])([N+](=O)[O-])[N+](=O)[O-]. The monoisotopic (exact) mass is 270 g/mol. The smallest absolute Gasteiger partial charge is 0.258 e. The molecule has 0 radical (unpaired) electrons. The molecule has 0 N–H and O–H groups in total. The van der Waals surface area contributed by atoms with Crippen molar-refractivity contribution < 1.29 is 19.7 Å². The molecule has 0 saturated heterocycles. The van der Waals surface area contributed by atoms with E-state index in [9.17, 15) is 40.5 Å². The fourth-order valence-corrected chi connectivity index (χ4v) is 1.68. The van der Waals surface area contributed by atoms with E-state index in [1.807, 2.05) is 0 Å². The highest BCUT2D eigenvalue weighted by molar-refractivity contribution is 8.01. The highest BCUT2D eigenvalue weighted by atomic mass is 32.2. The Morgan fingerprint density at radius 3 is 1.00 bits per heavy atom. The lowest BCUT2D eigenvalue weighted by Crippen LogP contribution is -2.50. The summed E-state index contributed by atoms with van der Waals surface area (Å²) < 4.78 is 0. The molecule has 0 spiro atoms.